The Labute approximate surface area is 119 Å². The maximum Gasteiger partial charge on any atom is 0.419 e. The van der Waals surface area contributed by atoms with Gasteiger partial charge in [-0.3, -0.25) is 4.68 Å². The van der Waals surface area contributed by atoms with Gasteiger partial charge in [0.2, 0.25) is 0 Å². The molecule has 2 aromatic rings. The number of alkyl halides is 3. The van der Waals surface area contributed by atoms with Crippen molar-refractivity contribution in [2.75, 3.05) is 5.32 Å². The van der Waals surface area contributed by atoms with Gasteiger partial charge in [0.05, 0.1) is 23.5 Å². The van der Waals surface area contributed by atoms with Crippen molar-refractivity contribution in [3.8, 4) is 0 Å². The first-order valence-corrected chi connectivity index (χ1v) is 6.45. The molecular formula is C14H15F4N3. The van der Waals surface area contributed by atoms with E-state index in [1.807, 2.05) is 19.9 Å². The van der Waals surface area contributed by atoms with Crippen LogP contribution in [-0.4, -0.2) is 9.78 Å². The van der Waals surface area contributed by atoms with Crippen LogP contribution in [0.25, 0.3) is 0 Å². The fraction of sp³-hybridized carbons (Fsp3) is 0.357. The van der Waals surface area contributed by atoms with Crippen molar-refractivity contribution in [3.05, 3.63) is 47.0 Å². The molecule has 0 fully saturated rings. The molecule has 0 saturated heterocycles. The van der Waals surface area contributed by atoms with Crippen LogP contribution < -0.4 is 5.32 Å². The van der Waals surface area contributed by atoms with Gasteiger partial charge >= 0.3 is 6.18 Å². The van der Waals surface area contributed by atoms with E-state index >= 15 is 0 Å². The zero-order chi connectivity index (χ0) is 15.6. The van der Waals surface area contributed by atoms with E-state index in [0.29, 0.717) is 13.1 Å². The highest BCUT2D eigenvalue weighted by Crippen LogP contribution is 2.33. The maximum atomic E-state index is 13.2. The van der Waals surface area contributed by atoms with Crippen LogP contribution in [0.1, 0.15) is 23.9 Å². The van der Waals surface area contributed by atoms with Crippen LogP contribution in [0.2, 0.25) is 0 Å². The average molecular weight is 301 g/mol. The monoisotopic (exact) mass is 301 g/mol. The zero-order valence-electron chi connectivity index (χ0n) is 11.6. The third kappa shape index (κ3) is 3.53. The van der Waals surface area contributed by atoms with Crippen molar-refractivity contribution in [2.45, 2.75) is 33.1 Å². The van der Waals surface area contributed by atoms with Gasteiger partial charge in [0.15, 0.2) is 0 Å². The van der Waals surface area contributed by atoms with Crippen molar-refractivity contribution >= 4 is 5.69 Å². The Kier molecular flexibility index (Phi) is 4.20. The topological polar surface area (TPSA) is 29.9 Å². The molecule has 0 aliphatic heterocycles. The van der Waals surface area contributed by atoms with Gasteiger partial charge in [0.25, 0.3) is 0 Å². The van der Waals surface area contributed by atoms with Crippen LogP contribution in [0.5, 0.6) is 0 Å². The standard InChI is InChI=1S/C14H15F4N3/c1-3-21-11(6-9(2)20-21)8-19-10-4-5-13(15)12(7-10)14(16,17)18/h4-7,19H,3,8H2,1-2H3. The highest BCUT2D eigenvalue weighted by atomic mass is 19.4. The first kappa shape index (κ1) is 15.3. The van der Waals surface area contributed by atoms with Gasteiger partial charge in [-0.2, -0.15) is 18.3 Å². The third-order valence-corrected chi connectivity index (χ3v) is 3.03. The molecule has 0 radical (unpaired) electrons. The lowest BCUT2D eigenvalue weighted by atomic mass is 10.2. The second kappa shape index (κ2) is 5.75. The summed E-state index contributed by atoms with van der Waals surface area (Å²) in [7, 11) is 0. The smallest absolute Gasteiger partial charge is 0.379 e. The predicted octanol–water partition coefficient (Wildman–Crippen LogP) is 3.98. The Balaban J connectivity index is 2.17. The molecule has 0 saturated carbocycles. The van der Waals surface area contributed by atoms with Gasteiger partial charge in [-0.1, -0.05) is 0 Å². The molecule has 0 atom stereocenters. The minimum atomic E-state index is -4.70. The summed E-state index contributed by atoms with van der Waals surface area (Å²) in [6.45, 7) is 4.75. The van der Waals surface area contributed by atoms with Crippen LogP contribution in [0.4, 0.5) is 23.2 Å². The second-order valence-electron chi connectivity index (χ2n) is 4.64. The quantitative estimate of drug-likeness (QED) is 0.866. The summed E-state index contributed by atoms with van der Waals surface area (Å²) >= 11 is 0. The highest BCUT2D eigenvalue weighted by molar-refractivity contribution is 5.47. The summed E-state index contributed by atoms with van der Waals surface area (Å²) < 4.78 is 52.8. The molecule has 1 heterocycles. The van der Waals surface area contributed by atoms with Gasteiger partial charge in [-0.15, -0.1) is 0 Å². The van der Waals surface area contributed by atoms with E-state index in [-0.39, 0.29) is 5.69 Å². The summed E-state index contributed by atoms with van der Waals surface area (Å²) in [5.41, 5.74) is 0.634. The average Bonchev–Trinajstić information content (AvgIpc) is 2.77. The van der Waals surface area contributed by atoms with Gasteiger partial charge in [-0.05, 0) is 38.1 Å². The van der Waals surface area contributed by atoms with Crippen LogP contribution >= 0.6 is 0 Å². The minimum absolute atomic E-state index is 0.213. The van der Waals surface area contributed by atoms with E-state index in [9.17, 15) is 17.6 Å². The third-order valence-electron chi connectivity index (χ3n) is 3.03. The minimum Gasteiger partial charge on any atom is -0.379 e. The van der Waals surface area contributed by atoms with Crippen molar-refractivity contribution in [2.24, 2.45) is 0 Å². The SMILES string of the molecule is CCn1nc(C)cc1CNc1ccc(F)c(C(F)(F)F)c1. The summed E-state index contributed by atoms with van der Waals surface area (Å²) in [4.78, 5) is 0. The molecule has 0 aliphatic rings. The van der Waals surface area contributed by atoms with Crippen molar-refractivity contribution in [1.29, 1.82) is 0 Å². The molecule has 0 bridgehead atoms. The number of nitrogens with one attached hydrogen (secondary N) is 1. The lowest BCUT2D eigenvalue weighted by Crippen LogP contribution is -2.11. The number of nitrogens with zero attached hydrogens (tertiary/aromatic N) is 2. The highest BCUT2D eigenvalue weighted by Gasteiger charge is 2.34. The van der Waals surface area contributed by atoms with Crippen molar-refractivity contribution < 1.29 is 17.6 Å². The number of aryl methyl sites for hydroxylation is 2. The molecule has 7 heteroatoms. The Morgan fingerprint density at radius 2 is 1.95 bits per heavy atom. The normalized spacial score (nSPS) is 11.7. The zero-order valence-corrected chi connectivity index (χ0v) is 11.6. The number of halogens is 4. The molecular weight excluding hydrogens is 286 g/mol. The molecule has 2 rings (SSSR count). The van der Waals surface area contributed by atoms with Gasteiger partial charge in [0, 0.05) is 12.2 Å². The number of hydrogen-bond acceptors (Lipinski definition) is 2. The van der Waals surface area contributed by atoms with E-state index in [1.165, 1.54) is 6.07 Å². The Hall–Kier alpha value is -2.05. The fourth-order valence-electron chi connectivity index (χ4n) is 2.06. The number of hydrogen-bond donors (Lipinski definition) is 1. The molecule has 3 nitrogen and oxygen atoms in total. The van der Waals surface area contributed by atoms with Crippen LogP contribution in [-0.2, 0) is 19.3 Å². The second-order valence-corrected chi connectivity index (χ2v) is 4.64. The molecule has 1 aromatic heterocycles. The van der Waals surface area contributed by atoms with Crippen LogP contribution in [0, 0.1) is 12.7 Å². The molecule has 21 heavy (non-hydrogen) atoms. The number of aromatic nitrogens is 2. The van der Waals surface area contributed by atoms with E-state index in [0.717, 1.165) is 23.5 Å². The maximum absolute atomic E-state index is 13.2. The van der Waals surface area contributed by atoms with Crippen LogP contribution in [0.3, 0.4) is 0 Å². The van der Waals surface area contributed by atoms with E-state index in [2.05, 4.69) is 10.4 Å². The lowest BCUT2D eigenvalue weighted by molar-refractivity contribution is -0.139. The Morgan fingerprint density at radius 3 is 2.57 bits per heavy atom. The number of benzene rings is 1. The van der Waals surface area contributed by atoms with E-state index in [4.69, 9.17) is 0 Å². The largest absolute Gasteiger partial charge is 0.419 e. The van der Waals surface area contributed by atoms with E-state index < -0.39 is 17.6 Å². The summed E-state index contributed by atoms with van der Waals surface area (Å²) in [5, 5.41) is 7.11. The van der Waals surface area contributed by atoms with Crippen molar-refractivity contribution in [3.63, 3.8) is 0 Å². The Morgan fingerprint density at radius 1 is 1.24 bits per heavy atom. The predicted molar refractivity (Wildman–Crippen MR) is 71.4 cm³/mol. The molecule has 114 valence electrons. The fourth-order valence-corrected chi connectivity index (χ4v) is 2.06. The number of anilines is 1. The van der Waals surface area contributed by atoms with Gasteiger partial charge < -0.3 is 5.32 Å². The molecule has 0 amide bonds. The van der Waals surface area contributed by atoms with Crippen molar-refractivity contribution in [1.82, 2.24) is 9.78 Å². The molecule has 0 unspecified atom stereocenters. The number of rotatable bonds is 4. The summed E-state index contributed by atoms with van der Waals surface area (Å²) in [6.07, 6.45) is -4.70. The first-order valence-electron chi connectivity index (χ1n) is 6.45. The van der Waals surface area contributed by atoms with Crippen LogP contribution in [0.15, 0.2) is 24.3 Å². The van der Waals surface area contributed by atoms with E-state index in [1.54, 1.807) is 4.68 Å². The summed E-state index contributed by atoms with van der Waals surface area (Å²) in [6, 6.07) is 4.72. The summed E-state index contributed by atoms with van der Waals surface area (Å²) in [5.74, 6) is -1.28. The Bertz CT molecular complexity index is 632. The lowest BCUT2D eigenvalue weighted by Gasteiger charge is -2.12. The molecule has 1 N–H and O–H groups in total. The van der Waals surface area contributed by atoms with Gasteiger partial charge in [0.1, 0.15) is 5.82 Å². The van der Waals surface area contributed by atoms with Gasteiger partial charge in [-0.25, -0.2) is 4.39 Å². The molecule has 0 spiro atoms. The first-order chi connectivity index (χ1) is 9.81. The molecule has 0 aliphatic carbocycles. The molecule has 1 aromatic carbocycles.